The second-order valence-electron chi connectivity index (χ2n) is 14.3. The zero-order valence-electron chi connectivity index (χ0n) is 29.6. The standard InChI is InChI=1S/C48H31N5O/c1-48(2)40-22-29(28-49)15-18-36(40)37-19-16-31(26-41(37)48)33-23-34(42-13-8-9-21-50-42)25-35(24-33)47-52-45(30-10-4-3-5-11-30)51-46(53-47)32-17-20-39-38-12-6-7-14-43(38)54-44(39)27-32/h3-27H,1-2H3. The van der Waals surface area contributed by atoms with Crippen molar-refractivity contribution < 1.29 is 4.42 Å². The van der Waals surface area contributed by atoms with Gasteiger partial charge in [0.15, 0.2) is 17.5 Å². The highest BCUT2D eigenvalue weighted by molar-refractivity contribution is 6.05. The van der Waals surface area contributed by atoms with Crippen LogP contribution >= 0.6 is 0 Å². The Bertz CT molecular complexity index is 2980. The molecule has 10 rings (SSSR count). The first-order valence-corrected chi connectivity index (χ1v) is 17.9. The molecule has 0 unspecified atom stereocenters. The number of hydrogen-bond acceptors (Lipinski definition) is 6. The molecule has 0 spiro atoms. The second kappa shape index (κ2) is 12.2. The van der Waals surface area contributed by atoms with Crippen molar-refractivity contribution in [2.75, 3.05) is 0 Å². The fourth-order valence-electron chi connectivity index (χ4n) is 7.81. The molecule has 0 saturated carbocycles. The van der Waals surface area contributed by atoms with Crippen molar-refractivity contribution in [3.05, 3.63) is 168 Å². The van der Waals surface area contributed by atoms with E-state index in [4.69, 9.17) is 24.4 Å². The number of rotatable bonds is 5. The first-order chi connectivity index (χ1) is 26.4. The van der Waals surface area contributed by atoms with Crippen molar-refractivity contribution in [3.63, 3.8) is 0 Å². The summed E-state index contributed by atoms with van der Waals surface area (Å²) in [5, 5.41) is 11.8. The number of benzene rings is 6. The van der Waals surface area contributed by atoms with Gasteiger partial charge in [0, 0.05) is 44.6 Å². The zero-order chi connectivity index (χ0) is 36.4. The minimum atomic E-state index is -0.274. The Kier molecular flexibility index (Phi) is 7.11. The Hall–Kier alpha value is -7.23. The van der Waals surface area contributed by atoms with Crippen LogP contribution in [0.2, 0.25) is 0 Å². The number of nitrogens with zero attached hydrogens (tertiary/aromatic N) is 5. The van der Waals surface area contributed by atoms with Crippen LogP contribution in [-0.2, 0) is 5.41 Å². The van der Waals surface area contributed by atoms with E-state index in [0.29, 0.717) is 23.0 Å². The van der Waals surface area contributed by atoms with E-state index in [0.717, 1.165) is 61.0 Å². The van der Waals surface area contributed by atoms with Gasteiger partial charge in [0.25, 0.3) is 0 Å². The van der Waals surface area contributed by atoms with Gasteiger partial charge in [0.2, 0.25) is 0 Å². The Labute approximate surface area is 312 Å². The number of pyridine rings is 1. The summed E-state index contributed by atoms with van der Waals surface area (Å²) >= 11 is 0. The largest absolute Gasteiger partial charge is 0.456 e. The minimum absolute atomic E-state index is 0.274. The minimum Gasteiger partial charge on any atom is -0.456 e. The molecule has 0 fully saturated rings. The van der Waals surface area contributed by atoms with E-state index < -0.39 is 0 Å². The summed E-state index contributed by atoms with van der Waals surface area (Å²) in [5.74, 6) is 1.69. The lowest BCUT2D eigenvalue weighted by atomic mass is 9.81. The smallest absolute Gasteiger partial charge is 0.164 e. The van der Waals surface area contributed by atoms with Crippen molar-refractivity contribution in [1.29, 1.82) is 5.26 Å². The molecule has 0 saturated heterocycles. The van der Waals surface area contributed by atoms with E-state index >= 15 is 0 Å². The van der Waals surface area contributed by atoms with Crippen LogP contribution in [0.3, 0.4) is 0 Å². The number of furan rings is 1. The fourth-order valence-corrected chi connectivity index (χ4v) is 7.81. The summed E-state index contributed by atoms with van der Waals surface area (Å²) in [6, 6.07) is 51.7. The van der Waals surface area contributed by atoms with Crippen LogP contribution in [-0.4, -0.2) is 19.9 Å². The van der Waals surface area contributed by atoms with Crippen molar-refractivity contribution in [2.45, 2.75) is 19.3 Å². The molecule has 0 bridgehead atoms. The van der Waals surface area contributed by atoms with Crippen molar-refractivity contribution in [1.82, 2.24) is 19.9 Å². The molecule has 3 heterocycles. The summed E-state index contributed by atoms with van der Waals surface area (Å²) in [5.41, 5.74) is 13.3. The van der Waals surface area contributed by atoms with Crippen LogP contribution in [0.15, 0.2) is 156 Å². The average molecular weight is 694 g/mol. The molecular formula is C48H31N5O. The van der Waals surface area contributed by atoms with Gasteiger partial charge in [-0.1, -0.05) is 92.7 Å². The maximum Gasteiger partial charge on any atom is 0.164 e. The number of nitriles is 1. The van der Waals surface area contributed by atoms with Crippen LogP contribution in [0.4, 0.5) is 0 Å². The highest BCUT2D eigenvalue weighted by Crippen LogP contribution is 2.50. The highest BCUT2D eigenvalue weighted by Gasteiger charge is 2.36. The molecule has 254 valence electrons. The molecule has 0 radical (unpaired) electrons. The molecule has 0 amide bonds. The maximum absolute atomic E-state index is 9.65. The average Bonchev–Trinajstić information content (AvgIpc) is 3.71. The summed E-state index contributed by atoms with van der Waals surface area (Å²) in [6.45, 7) is 4.47. The second-order valence-corrected chi connectivity index (χ2v) is 14.3. The van der Waals surface area contributed by atoms with Crippen molar-refractivity contribution in [3.8, 4) is 73.7 Å². The Morgan fingerprint density at radius 1 is 0.500 bits per heavy atom. The topological polar surface area (TPSA) is 88.5 Å². The number of hydrogen-bond donors (Lipinski definition) is 0. The van der Waals surface area contributed by atoms with E-state index in [1.807, 2.05) is 91.1 Å². The van der Waals surface area contributed by atoms with Gasteiger partial charge in [-0.3, -0.25) is 4.98 Å². The predicted octanol–water partition coefficient (Wildman–Crippen LogP) is 11.7. The molecule has 0 atom stereocenters. The lowest BCUT2D eigenvalue weighted by Gasteiger charge is -2.22. The zero-order valence-corrected chi connectivity index (χ0v) is 29.6. The highest BCUT2D eigenvalue weighted by atomic mass is 16.3. The summed E-state index contributed by atoms with van der Waals surface area (Å²) in [7, 11) is 0. The summed E-state index contributed by atoms with van der Waals surface area (Å²) in [4.78, 5) is 20.0. The normalized spacial score (nSPS) is 12.8. The lowest BCUT2D eigenvalue weighted by molar-refractivity contribution is 0.660. The monoisotopic (exact) mass is 693 g/mol. The van der Waals surface area contributed by atoms with Gasteiger partial charge in [-0.15, -0.1) is 0 Å². The SMILES string of the molecule is CC1(C)c2cc(C#N)ccc2-c2ccc(-c3cc(-c4ccccn4)cc(-c4nc(-c5ccccc5)nc(-c5ccc6c(c5)oc5ccccc56)n4)c3)cc21. The number of fused-ring (bicyclic) bond motifs is 6. The Morgan fingerprint density at radius 3 is 1.94 bits per heavy atom. The molecule has 1 aliphatic rings. The first-order valence-electron chi connectivity index (χ1n) is 17.9. The third kappa shape index (κ3) is 5.17. The fraction of sp³-hybridized carbons (Fsp3) is 0.0625. The van der Waals surface area contributed by atoms with E-state index in [-0.39, 0.29) is 5.41 Å². The first kappa shape index (κ1) is 31.5. The molecule has 0 N–H and O–H groups in total. The predicted molar refractivity (Wildman–Crippen MR) is 214 cm³/mol. The van der Waals surface area contributed by atoms with Gasteiger partial charge in [0.1, 0.15) is 11.2 Å². The van der Waals surface area contributed by atoms with Crippen molar-refractivity contribution in [2.24, 2.45) is 0 Å². The molecule has 6 heteroatoms. The van der Waals surface area contributed by atoms with Gasteiger partial charge in [-0.05, 0) is 100 Å². The molecule has 9 aromatic rings. The summed E-state index contributed by atoms with van der Waals surface area (Å²) in [6.07, 6.45) is 1.81. The van der Waals surface area contributed by atoms with Crippen LogP contribution in [0.25, 0.3) is 89.6 Å². The van der Waals surface area contributed by atoms with Gasteiger partial charge in [-0.2, -0.15) is 5.26 Å². The van der Waals surface area contributed by atoms with E-state index in [1.165, 1.54) is 22.3 Å². The summed E-state index contributed by atoms with van der Waals surface area (Å²) < 4.78 is 6.26. The lowest BCUT2D eigenvalue weighted by Crippen LogP contribution is -2.15. The Morgan fingerprint density at radius 2 is 1.15 bits per heavy atom. The molecule has 54 heavy (non-hydrogen) atoms. The number of aromatic nitrogens is 4. The van der Waals surface area contributed by atoms with Gasteiger partial charge >= 0.3 is 0 Å². The quantitative estimate of drug-likeness (QED) is 0.178. The molecule has 6 aromatic carbocycles. The maximum atomic E-state index is 9.65. The van der Waals surface area contributed by atoms with Crippen LogP contribution in [0, 0.1) is 11.3 Å². The molecule has 0 aliphatic heterocycles. The number of para-hydroxylation sites is 1. The van der Waals surface area contributed by atoms with Crippen molar-refractivity contribution >= 4 is 21.9 Å². The van der Waals surface area contributed by atoms with E-state index in [1.54, 1.807) is 0 Å². The van der Waals surface area contributed by atoms with Crippen LogP contribution in [0.1, 0.15) is 30.5 Å². The van der Waals surface area contributed by atoms with Crippen LogP contribution < -0.4 is 0 Å². The van der Waals surface area contributed by atoms with Crippen LogP contribution in [0.5, 0.6) is 0 Å². The molecule has 3 aromatic heterocycles. The Balaban J connectivity index is 1.16. The van der Waals surface area contributed by atoms with Gasteiger partial charge in [0.05, 0.1) is 17.3 Å². The van der Waals surface area contributed by atoms with E-state index in [9.17, 15) is 5.26 Å². The molecule has 1 aliphatic carbocycles. The third-order valence-electron chi connectivity index (χ3n) is 10.6. The van der Waals surface area contributed by atoms with E-state index in [2.05, 4.69) is 80.6 Å². The van der Waals surface area contributed by atoms with Gasteiger partial charge in [-0.25, -0.2) is 15.0 Å². The van der Waals surface area contributed by atoms with Gasteiger partial charge < -0.3 is 4.42 Å². The molecular weight excluding hydrogens is 663 g/mol. The molecule has 6 nitrogen and oxygen atoms in total. The third-order valence-corrected chi connectivity index (χ3v) is 10.6.